The SMILES string of the molecule is C[C@H](COc1ccccc1)NC(=O)c1ccc(S(=O)(=O)N2CCCC2)cc1. The van der Waals surface area contributed by atoms with Crippen LogP contribution >= 0.6 is 0 Å². The van der Waals surface area contributed by atoms with E-state index in [2.05, 4.69) is 5.32 Å². The van der Waals surface area contributed by atoms with Gasteiger partial charge in [-0.2, -0.15) is 4.31 Å². The molecule has 1 amide bonds. The largest absolute Gasteiger partial charge is 0.491 e. The Morgan fingerprint density at radius 3 is 2.33 bits per heavy atom. The Balaban J connectivity index is 1.57. The van der Waals surface area contributed by atoms with E-state index in [4.69, 9.17) is 4.74 Å². The summed E-state index contributed by atoms with van der Waals surface area (Å²) in [6.07, 6.45) is 1.78. The fourth-order valence-electron chi connectivity index (χ4n) is 2.94. The molecule has 0 unspecified atom stereocenters. The third-order valence-electron chi connectivity index (χ3n) is 4.44. The second-order valence-corrected chi connectivity index (χ2v) is 8.57. The molecule has 1 N–H and O–H groups in total. The number of amides is 1. The van der Waals surface area contributed by atoms with Gasteiger partial charge in [0.15, 0.2) is 0 Å². The molecule has 2 aromatic carbocycles. The van der Waals surface area contributed by atoms with Crippen molar-refractivity contribution >= 4 is 15.9 Å². The van der Waals surface area contributed by atoms with Gasteiger partial charge in [-0.3, -0.25) is 4.79 Å². The van der Waals surface area contributed by atoms with Gasteiger partial charge in [-0.15, -0.1) is 0 Å². The summed E-state index contributed by atoms with van der Waals surface area (Å²) in [4.78, 5) is 12.6. The van der Waals surface area contributed by atoms with Crippen molar-refractivity contribution in [3.8, 4) is 5.75 Å². The maximum Gasteiger partial charge on any atom is 0.251 e. The monoisotopic (exact) mass is 388 g/mol. The smallest absolute Gasteiger partial charge is 0.251 e. The maximum atomic E-state index is 12.5. The van der Waals surface area contributed by atoms with Gasteiger partial charge < -0.3 is 10.1 Å². The van der Waals surface area contributed by atoms with E-state index in [1.165, 1.54) is 16.4 Å². The molecule has 7 heteroatoms. The zero-order valence-corrected chi connectivity index (χ0v) is 16.1. The van der Waals surface area contributed by atoms with Crippen LogP contribution in [-0.4, -0.2) is 44.4 Å². The molecule has 0 aromatic heterocycles. The summed E-state index contributed by atoms with van der Waals surface area (Å²) in [5.41, 5.74) is 0.418. The first kappa shape index (κ1) is 19.4. The van der Waals surface area contributed by atoms with Gasteiger partial charge in [0, 0.05) is 18.7 Å². The Morgan fingerprint density at radius 2 is 1.70 bits per heavy atom. The molecule has 1 saturated heterocycles. The van der Waals surface area contributed by atoms with Crippen molar-refractivity contribution in [2.75, 3.05) is 19.7 Å². The Labute approximate surface area is 160 Å². The molecule has 0 bridgehead atoms. The van der Waals surface area contributed by atoms with Crippen LogP contribution < -0.4 is 10.1 Å². The van der Waals surface area contributed by atoms with Crippen molar-refractivity contribution < 1.29 is 17.9 Å². The third-order valence-corrected chi connectivity index (χ3v) is 6.35. The van der Waals surface area contributed by atoms with E-state index in [1.807, 2.05) is 37.3 Å². The quantitative estimate of drug-likeness (QED) is 0.791. The van der Waals surface area contributed by atoms with Gasteiger partial charge in [0.25, 0.3) is 5.91 Å². The van der Waals surface area contributed by atoms with Gasteiger partial charge >= 0.3 is 0 Å². The van der Waals surface area contributed by atoms with E-state index in [1.54, 1.807) is 12.1 Å². The summed E-state index contributed by atoms with van der Waals surface area (Å²) in [6, 6.07) is 15.3. The molecule has 0 spiro atoms. The minimum atomic E-state index is -3.46. The number of hydrogen-bond donors (Lipinski definition) is 1. The molecule has 0 saturated carbocycles. The molecule has 0 radical (unpaired) electrons. The summed E-state index contributed by atoms with van der Waals surface area (Å²) >= 11 is 0. The molecule has 0 aliphatic carbocycles. The standard InChI is InChI=1S/C20H24N2O4S/c1-16(15-26-18-7-3-2-4-8-18)21-20(23)17-9-11-19(12-10-17)27(24,25)22-13-5-6-14-22/h2-4,7-12,16H,5-6,13-15H2,1H3,(H,21,23)/t16-/m1/s1. The highest BCUT2D eigenvalue weighted by Gasteiger charge is 2.27. The molecule has 27 heavy (non-hydrogen) atoms. The molecule has 1 atom stereocenters. The number of hydrogen-bond acceptors (Lipinski definition) is 4. The van der Waals surface area contributed by atoms with Gasteiger partial charge in [0.05, 0.1) is 10.9 Å². The minimum Gasteiger partial charge on any atom is -0.491 e. The molecule has 2 aromatic rings. The lowest BCUT2D eigenvalue weighted by atomic mass is 10.2. The molecule has 1 aliphatic heterocycles. The minimum absolute atomic E-state index is 0.189. The molecular formula is C20H24N2O4S. The second-order valence-electron chi connectivity index (χ2n) is 6.63. The first-order chi connectivity index (χ1) is 13.0. The number of rotatable bonds is 7. The molecule has 6 nitrogen and oxygen atoms in total. The topological polar surface area (TPSA) is 75.7 Å². The van der Waals surface area contributed by atoms with Crippen LogP contribution in [0.25, 0.3) is 0 Å². The highest BCUT2D eigenvalue weighted by atomic mass is 32.2. The molecule has 1 aliphatic rings. The number of carbonyl (C=O) groups excluding carboxylic acids is 1. The van der Waals surface area contributed by atoms with E-state index in [0.29, 0.717) is 25.3 Å². The second kappa shape index (κ2) is 8.54. The lowest BCUT2D eigenvalue weighted by Crippen LogP contribution is -2.36. The van der Waals surface area contributed by atoms with Gasteiger partial charge in [-0.05, 0) is 56.2 Å². The van der Waals surface area contributed by atoms with Crippen LogP contribution in [0, 0.1) is 0 Å². The normalized spacial score (nSPS) is 16.0. The summed E-state index contributed by atoms with van der Waals surface area (Å²) < 4.78 is 32.2. The van der Waals surface area contributed by atoms with Gasteiger partial charge in [0.1, 0.15) is 12.4 Å². The number of sulfonamides is 1. The Hall–Kier alpha value is -2.38. The zero-order chi connectivity index (χ0) is 19.3. The average molecular weight is 388 g/mol. The Bertz CT molecular complexity index is 861. The Kier molecular flexibility index (Phi) is 6.13. The summed E-state index contributed by atoms with van der Waals surface area (Å²) in [5, 5.41) is 2.86. The summed E-state index contributed by atoms with van der Waals surface area (Å²) in [5.74, 6) is 0.486. The van der Waals surface area contributed by atoms with Crippen molar-refractivity contribution in [1.29, 1.82) is 0 Å². The van der Waals surface area contributed by atoms with Crippen LogP contribution in [0.15, 0.2) is 59.5 Å². The van der Waals surface area contributed by atoms with Crippen molar-refractivity contribution in [3.05, 3.63) is 60.2 Å². The van der Waals surface area contributed by atoms with Crippen molar-refractivity contribution in [2.24, 2.45) is 0 Å². The number of carbonyl (C=O) groups is 1. The third kappa shape index (κ3) is 4.87. The predicted octanol–water partition coefficient (Wildman–Crippen LogP) is 2.67. The van der Waals surface area contributed by atoms with Crippen LogP contribution in [0.3, 0.4) is 0 Å². The Morgan fingerprint density at radius 1 is 1.07 bits per heavy atom. The van der Waals surface area contributed by atoms with Crippen molar-refractivity contribution in [2.45, 2.75) is 30.7 Å². The van der Waals surface area contributed by atoms with Crippen LogP contribution in [0.5, 0.6) is 5.75 Å². The van der Waals surface area contributed by atoms with Crippen molar-refractivity contribution in [1.82, 2.24) is 9.62 Å². The van der Waals surface area contributed by atoms with Gasteiger partial charge in [-0.1, -0.05) is 18.2 Å². The highest BCUT2D eigenvalue weighted by Crippen LogP contribution is 2.21. The lowest BCUT2D eigenvalue weighted by molar-refractivity contribution is 0.0926. The zero-order valence-electron chi connectivity index (χ0n) is 15.3. The molecule has 3 rings (SSSR count). The van der Waals surface area contributed by atoms with E-state index in [9.17, 15) is 13.2 Å². The van der Waals surface area contributed by atoms with E-state index < -0.39 is 10.0 Å². The molecule has 1 heterocycles. The first-order valence-corrected chi connectivity index (χ1v) is 10.5. The number of nitrogens with one attached hydrogen (secondary N) is 1. The lowest BCUT2D eigenvalue weighted by Gasteiger charge is -2.17. The van der Waals surface area contributed by atoms with Crippen LogP contribution in [0.1, 0.15) is 30.1 Å². The number of para-hydroxylation sites is 1. The van der Waals surface area contributed by atoms with Gasteiger partial charge in [0.2, 0.25) is 10.0 Å². The van der Waals surface area contributed by atoms with Crippen molar-refractivity contribution in [3.63, 3.8) is 0 Å². The number of benzene rings is 2. The highest BCUT2D eigenvalue weighted by molar-refractivity contribution is 7.89. The van der Waals surface area contributed by atoms with Crippen LogP contribution in [-0.2, 0) is 10.0 Å². The van der Waals surface area contributed by atoms with Crippen LogP contribution in [0.2, 0.25) is 0 Å². The maximum absolute atomic E-state index is 12.5. The van der Waals surface area contributed by atoms with E-state index in [0.717, 1.165) is 18.6 Å². The molecule has 144 valence electrons. The molecule has 1 fully saturated rings. The predicted molar refractivity (Wildman–Crippen MR) is 103 cm³/mol. The fraction of sp³-hybridized carbons (Fsp3) is 0.350. The summed E-state index contributed by atoms with van der Waals surface area (Å²) in [6.45, 7) is 3.32. The van der Waals surface area contributed by atoms with E-state index >= 15 is 0 Å². The average Bonchev–Trinajstić information content (AvgIpc) is 3.23. The number of ether oxygens (including phenoxy) is 1. The van der Waals surface area contributed by atoms with Crippen LogP contribution in [0.4, 0.5) is 0 Å². The molecular weight excluding hydrogens is 364 g/mol. The number of nitrogens with zero attached hydrogens (tertiary/aromatic N) is 1. The first-order valence-electron chi connectivity index (χ1n) is 9.06. The van der Waals surface area contributed by atoms with E-state index in [-0.39, 0.29) is 16.8 Å². The fourth-order valence-corrected chi connectivity index (χ4v) is 4.46. The summed E-state index contributed by atoms with van der Waals surface area (Å²) in [7, 11) is -3.46. The van der Waals surface area contributed by atoms with Gasteiger partial charge in [-0.25, -0.2) is 8.42 Å².